The number of imide groups is 1. The molecule has 34 heavy (non-hydrogen) atoms. The molecule has 1 spiro atoms. The number of para-hydroxylation sites is 1. The number of carbonyl (C=O) groups is 3. The number of hydrogen-bond acceptors (Lipinski definition) is 6. The molecule has 3 saturated heterocycles. The van der Waals surface area contributed by atoms with Gasteiger partial charge in [0.25, 0.3) is 0 Å². The van der Waals surface area contributed by atoms with Crippen LogP contribution in [0.4, 0.5) is 4.79 Å². The predicted molar refractivity (Wildman–Crippen MR) is 122 cm³/mol. The second-order valence-electron chi connectivity index (χ2n) is 10.4. The number of nitrogens with zero attached hydrogens (tertiary/aromatic N) is 3. The van der Waals surface area contributed by atoms with Crippen molar-refractivity contribution in [1.82, 2.24) is 19.4 Å². The van der Waals surface area contributed by atoms with E-state index in [1.165, 1.54) is 9.13 Å². The van der Waals surface area contributed by atoms with Crippen LogP contribution in [-0.4, -0.2) is 56.3 Å². The largest absolute Gasteiger partial charge is 0.444 e. The molecule has 10 heteroatoms. The third-order valence-corrected chi connectivity index (χ3v) is 6.96. The van der Waals surface area contributed by atoms with Gasteiger partial charge in [0.2, 0.25) is 11.8 Å². The number of benzene rings is 1. The maximum absolute atomic E-state index is 13.3. The number of aryl methyl sites for hydroxylation is 1. The number of likely N-dealkylation sites (tertiary alicyclic amines) is 1. The molecule has 3 aliphatic heterocycles. The Morgan fingerprint density at radius 3 is 2.65 bits per heavy atom. The molecule has 1 N–H and O–H groups in total. The summed E-state index contributed by atoms with van der Waals surface area (Å²) in [5.41, 5.74) is 0.491. The number of imidazole rings is 1. The average molecular weight is 471 g/mol. The molecule has 3 aliphatic rings. The molecule has 0 saturated carbocycles. The smallest absolute Gasteiger partial charge is 0.411 e. The lowest BCUT2D eigenvalue weighted by Gasteiger charge is -2.54. The van der Waals surface area contributed by atoms with Crippen LogP contribution in [0, 0.1) is 0 Å². The molecule has 5 rings (SSSR count). The molecule has 3 atom stereocenters. The fourth-order valence-corrected chi connectivity index (χ4v) is 5.56. The van der Waals surface area contributed by atoms with Crippen LogP contribution in [0.1, 0.15) is 64.1 Å². The Balaban J connectivity index is 1.63. The summed E-state index contributed by atoms with van der Waals surface area (Å²) in [6.07, 6.45) is 1.70. The van der Waals surface area contributed by atoms with Crippen LogP contribution in [0.2, 0.25) is 0 Å². The van der Waals surface area contributed by atoms with E-state index in [4.69, 9.17) is 9.47 Å². The summed E-state index contributed by atoms with van der Waals surface area (Å²) in [6.45, 7) is 6.51. The molecule has 2 aromatic rings. The van der Waals surface area contributed by atoms with Crippen molar-refractivity contribution < 1.29 is 23.9 Å². The molecule has 1 aromatic carbocycles. The molecule has 0 aliphatic carbocycles. The van der Waals surface area contributed by atoms with E-state index in [1.807, 2.05) is 32.9 Å². The van der Waals surface area contributed by atoms with Crippen LogP contribution < -0.4 is 11.0 Å². The van der Waals surface area contributed by atoms with Crippen molar-refractivity contribution >= 4 is 28.9 Å². The van der Waals surface area contributed by atoms with Crippen LogP contribution >= 0.6 is 0 Å². The fourth-order valence-electron chi connectivity index (χ4n) is 5.56. The van der Waals surface area contributed by atoms with Crippen LogP contribution in [0.15, 0.2) is 23.0 Å². The van der Waals surface area contributed by atoms with Crippen molar-refractivity contribution in [2.75, 3.05) is 13.2 Å². The molecule has 3 amide bonds. The first-order valence-corrected chi connectivity index (χ1v) is 11.7. The maximum Gasteiger partial charge on any atom is 0.411 e. The van der Waals surface area contributed by atoms with Gasteiger partial charge in [-0.05, 0) is 46.1 Å². The van der Waals surface area contributed by atoms with Gasteiger partial charge in [-0.1, -0.05) is 12.1 Å². The summed E-state index contributed by atoms with van der Waals surface area (Å²) >= 11 is 0. The zero-order valence-corrected chi connectivity index (χ0v) is 19.9. The first kappa shape index (κ1) is 22.6. The van der Waals surface area contributed by atoms with Gasteiger partial charge in [0.1, 0.15) is 17.2 Å². The summed E-state index contributed by atoms with van der Waals surface area (Å²) in [4.78, 5) is 52.3. The molecule has 1 aromatic heterocycles. The first-order chi connectivity index (χ1) is 16.0. The number of piperidine rings is 1. The Kier molecular flexibility index (Phi) is 5.12. The van der Waals surface area contributed by atoms with E-state index >= 15 is 0 Å². The lowest BCUT2D eigenvalue weighted by atomic mass is 9.77. The molecular formula is C24H30N4O6. The maximum atomic E-state index is 13.3. The van der Waals surface area contributed by atoms with Crippen molar-refractivity contribution in [2.24, 2.45) is 7.05 Å². The number of fused-ring (bicyclic) bond motifs is 1. The molecule has 3 fully saturated rings. The van der Waals surface area contributed by atoms with Crippen molar-refractivity contribution in [1.29, 1.82) is 0 Å². The van der Waals surface area contributed by atoms with E-state index in [0.717, 1.165) is 18.4 Å². The number of ether oxygens (including phenoxy) is 2. The van der Waals surface area contributed by atoms with Gasteiger partial charge >= 0.3 is 11.8 Å². The van der Waals surface area contributed by atoms with Crippen molar-refractivity contribution in [3.8, 4) is 0 Å². The highest BCUT2D eigenvalue weighted by Gasteiger charge is 2.59. The Morgan fingerprint density at radius 2 is 2.00 bits per heavy atom. The number of amides is 3. The third kappa shape index (κ3) is 3.43. The van der Waals surface area contributed by atoms with Gasteiger partial charge in [0.05, 0.1) is 23.6 Å². The second kappa shape index (κ2) is 7.69. The fraction of sp³-hybridized carbons (Fsp3) is 0.583. The third-order valence-electron chi connectivity index (χ3n) is 6.96. The number of nitrogens with one attached hydrogen (secondary N) is 1. The summed E-state index contributed by atoms with van der Waals surface area (Å²) in [5, 5.41) is 2.34. The van der Waals surface area contributed by atoms with Gasteiger partial charge < -0.3 is 9.47 Å². The molecule has 0 radical (unpaired) electrons. The van der Waals surface area contributed by atoms with E-state index in [9.17, 15) is 19.2 Å². The minimum absolute atomic E-state index is 0.172. The Bertz CT molecular complexity index is 1250. The zero-order chi connectivity index (χ0) is 24.4. The summed E-state index contributed by atoms with van der Waals surface area (Å²) in [6, 6.07) is 4.33. The number of hydrogen-bond donors (Lipinski definition) is 1. The summed E-state index contributed by atoms with van der Waals surface area (Å²) < 4.78 is 14.8. The normalized spacial score (nSPS) is 27.2. The monoisotopic (exact) mass is 470 g/mol. The SMILES string of the molecule is Cn1c(=O)n(C2CCC(=O)NC2=O)c2cccc(C3N(C(=O)OC(C)(C)C)CC34CCCO4)c21. The highest BCUT2D eigenvalue weighted by atomic mass is 16.6. The van der Waals surface area contributed by atoms with E-state index in [0.29, 0.717) is 24.2 Å². The van der Waals surface area contributed by atoms with E-state index in [-0.39, 0.29) is 24.4 Å². The van der Waals surface area contributed by atoms with Crippen LogP contribution in [0.25, 0.3) is 11.0 Å². The van der Waals surface area contributed by atoms with Crippen LogP contribution in [0.3, 0.4) is 0 Å². The summed E-state index contributed by atoms with van der Waals surface area (Å²) in [7, 11) is 1.66. The molecule has 10 nitrogen and oxygen atoms in total. The van der Waals surface area contributed by atoms with Crippen molar-refractivity contribution in [3.63, 3.8) is 0 Å². The standard InChI is InChI=1S/C24H30N4O6/c1-23(2,3)34-22(32)27-13-24(11-6-12-33-24)19(27)14-7-5-8-15-18(14)26(4)21(31)28(15)16-9-10-17(29)25-20(16)30/h5,7-8,16,19H,6,9-13H2,1-4H3,(H,25,29,30). The summed E-state index contributed by atoms with van der Waals surface area (Å²) in [5.74, 6) is -0.816. The van der Waals surface area contributed by atoms with Crippen LogP contribution in [-0.2, 0) is 26.1 Å². The molecular weight excluding hydrogens is 440 g/mol. The quantitative estimate of drug-likeness (QED) is 0.674. The predicted octanol–water partition coefficient (Wildman–Crippen LogP) is 2.16. The lowest BCUT2D eigenvalue weighted by molar-refractivity contribution is -0.156. The Morgan fingerprint density at radius 1 is 1.24 bits per heavy atom. The number of carbonyl (C=O) groups excluding carboxylic acids is 3. The van der Waals surface area contributed by atoms with Crippen molar-refractivity contribution in [2.45, 2.75) is 69.7 Å². The average Bonchev–Trinajstić information content (AvgIpc) is 3.32. The van der Waals surface area contributed by atoms with Gasteiger partial charge in [-0.3, -0.25) is 28.9 Å². The van der Waals surface area contributed by atoms with Gasteiger partial charge in [0.15, 0.2) is 0 Å². The van der Waals surface area contributed by atoms with E-state index in [2.05, 4.69) is 5.32 Å². The highest BCUT2D eigenvalue weighted by molar-refractivity contribution is 6.00. The number of rotatable bonds is 2. The van der Waals surface area contributed by atoms with Gasteiger partial charge in [0, 0.05) is 25.6 Å². The van der Waals surface area contributed by atoms with Gasteiger partial charge in [-0.15, -0.1) is 0 Å². The van der Waals surface area contributed by atoms with Gasteiger partial charge in [-0.25, -0.2) is 9.59 Å². The Labute approximate surface area is 196 Å². The molecule has 0 bridgehead atoms. The minimum atomic E-state index is -0.774. The second-order valence-corrected chi connectivity index (χ2v) is 10.4. The van der Waals surface area contributed by atoms with Crippen molar-refractivity contribution in [3.05, 3.63) is 34.2 Å². The van der Waals surface area contributed by atoms with Gasteiger partial charge in [-0.2, -0.15) is 0 Å². The zero-order valence-electron chi connectivity index (χ0n) is 19.9. The first-order valence-electron chi connectivity index (χ1n) is 11.7. The molecule has 4 heterocycles. The highest BCUT2D eigenvalue weighted by Crippen LogP contribution is 2.52. The van der Waals surface area contributed by atoms with Crippen LogP contribution in [0.5, 0.6) is 0 Å². The molecule has 3 unspecified atom stereocenters. The lowest BCUT2D eigenvalue weighted by Crippen LogP contribution is -2.65. The minimum Gasteiger partial charge on any atom is -0.444 e. The molecule has 182 valence electrons. The van der Waals surface area contributed by atoms with E-state index in [1.54, 1.807) is 18.0 Å². The topological polar surface area (TPSA) is 112 Å². The Hall–Kier alpha value is -3.14. The number of aromatic nitrogens is 2. The van der Waals surface area contributed by atoms with E-state index < -0.39 is 35.3 Å².